The maximum Gasteiger partial charge on any atom is 0.163 e. The molecule has 0 bridgehead atoms. The standard InChI is InChI=1S/C14H15NOS/c1-10-12(3-2-4-13(10)15)14(16)6-5-11-7-8-17-9-11/h2-4,7-9H,5-6,15H2,1H3. The lowest BCUT2D eigenvalue weighted by molar-refractivity contribution is 0.0982. The first-order chi connectivity index (χ1) is 8.18. The van der Waals surface area contributed by atoms with Crippen molar-refractivity contribution in [3.63, 3.8) is 0 Å². The highest BCUT2D eigenvalue weighted by Gasteiger charge is 2.10. The predicted octanol–water partition coefficient (Wildman–Crippen LogP) is 3.45. The Hall–Kier alpha value is -1.61. The van der Waals surface area contributed by atoms with Crippen molar-refractivity contribution in [2.45, 2.75) is 19.8 Å². The van der Waals surface area contributed by atoms with Crippen LogP contribution in [0.25, 0.3) is 0 Å². The molecular weight excluding hydrogens is 230 g/mol. The van der Waals surface area contributed by atoms with E-state index in [0.29, 0.717) is 12.1 Å². The summed E-state index contributed by atoms with van der Waals surface area (Å²) in [6, 6.07) is 7.57. The van der Waals surface area contributed by atoms with Gasteiger partial charge in [0.25, 0.3) is 0 Å². The smallest absolute Gasteiger partial charge is 0.163 e. The molecule has 0 atom stereocenters. The summed E-state index contributed by atoms with van der Waals surface area (Å²) in [4.78, 5) is 12.1. The minimum Gasteiger partial charge on any atom is -0.398 e. The summed E-state index contributed by atoms with van der Waals surface area (Å²) < 4.78 is 0. The summed E-state index contributed by atoms with van der Waals surface area (Å²) in [7, 11) is 0. The number of anilines is 1. The molecule has 0 saturated carbocycles. The number of nitrogen functional groups attached to an aromatic ring is 1. The van der Waals surface area contributed by atoms with Crippen molar-refractivity contribution in [2.75, 3.05) is 5.73 Å². The van der Waals surface area contributed by atoms with Gasteiger partial charge in [-0.3, -0.25) is 4.79 Å². The Morgan fingerprint density at radius 1 is 1.35 bits per heavy atom. The lowest BCUT2D eigenvalue weighted by atomic mass is 9.99. The highest BCUT2D eigenvalue weighted by molar-refractivity contribution is 7.07. The monoisotopic (exact) mass is 245 g/mol. The first kappa shape index (κ1) is 11.9. The van der Waals surface area contributed by atoms with Crippen molar-refractivity contribution in [3.8, 4) is 0 Å². The SMILES string of the molecule is Cc1c(N)cccc1C(=O)CCc1ccsc1. The van der Waals surface area contributed by atoms with Crippen LogP contribution in [-0.4, -0.2) is 5.78 Å². The molecular formula is C14H15NOS. The van der Waals surface area contributed by atoms with Crippen LogP contribution in [-0.2, 0) is 6.42 Å². The molecule has 0 aliphatic carbocycles. The van der Waals surface area contributed by atoms with E-state index in [4.69, 9.17) is 5.73 Å². The Morgan fingerprint density at radius 2 is 2.18 bits per heavy atom. The molecule has 0 amide bonds. The number of aryl methyl sites for hydroxylation is 1. The Balaban J connectivity index is 2.07. The van der Waals surface area contributed by atoms with Gasteiger partial charge in [-0.25, -0.2) is 0 Å². The predicted molar refractivity (Wildman–Crippen MR) is 72.6 cm³/mol. The molecule has 2 rings (SSSR count). The fourth-order valence-corrected chi connectivity index (χ4v) is 2.49. The molecule has 0 aliphatic rings. The maximum atomic E-state index is 12.1. The van der Waals surface area contributed by atoms with Crippen molar-refractivity contribution in [1.29, 1.82) is 0 Å². The number of nitrogens with two attached hydrogens (primary N) is 1. The molecule has 2 aromatic rings. The zero-order chi connectivity index (χ0) is 12.3. The van der Waals surface area contributed by atoms with Gasteiger partial charge in [-0.2, -0.15) is 11.3 Å². The third-order valence-corrected chi connectivity index (χ3v) is 3.63. The number of Topliss-reactive ketones (excluding diaryl/α,β-unsaturated/α-hetero) is 1. The minimum absolute atomic E-state index is 0.168. The second-order valence-corrected chi connectivity index (χ2v) is 4.85. The van der Waals surface area contributed by atoms with Gasteiger partial charge in [-0.1, -0.05) is 12.1 Å². The first-order valence-electron chi connectivity index (χ1n) is 5.58. The maximum absolute atomic E-state index is 12.1. The average molecular weight is 245 g/mol. The Labute approximate surface area is 105 Å². The van der Waals surface area contributed by atoms with Gasteiger partial charge in [-0.05, 0) is 47.4 Å². The quantitative estimate of drug-likeness (QED) is 0.662. The summed E-state index contributed by atoms with van der Waals surface area (Å²) in [5.41, 5.74) is 9.35. The van der Waals surface area contributed by atoms with E-state index >= 15 is 0 Å². The van der Waals surface area contributed by atoms with E-state index in [9.17, 15) is 4.79 Å². The molecule has 0 saturated heterocycles. The van der Waals surface area contributed by atoms with Crippen LogP contribution in [0.4, 0.5) is 5.69 Å². The van der Waals surface area contributed by atoms with Crippen LogP contribution >= 0.6 is 11.3 Å². The zero-order valence-electron chi connectivity index (χ0n) is 9.77. The largest absolute Gasteiger partial charge is 0.398 e. The van der Waals surface area contributed by atoms with Crippen molar-refractivity contribution < 1.29 is 4.79 Å². The van der Waals surface area contributed by atoms with Gasteiger partial charge < -0.3 is 5.73 Å². The molecule has 0 fully saturated rings. The number of carbonyl (C=O) groups is 1. The third-order valence-electron chi connectivity index (χ3n) is 2.90. The number of hydrogen-bond donors (Lipinski definition) is 1. The van der Waals surface area contributed by atoms with Gasteiger partial charge >= 0.3 is 0 Å². The Bertz CT molecular complexity index is 517. The van der Waals surface area contributed by atoms with E-state index in [-0.39, 0.29) is 5.78 Å². The lowest BCUT2D eigenvalue weighted by Crippen LogP contribution is -2.05. The average Bonchev–Trinajstić information content (AvgIpc) is 2.82. The van der Waals surface area contributed by atoms with Crippen LogP contribution in [0.1, 0.15) is 27.9 Å². The number of ketones is 1. The first-order valence-corrected chi connectivity index (χ1v) is 6.52. The molecule has 0 radical (unpaired) electrons. The summed E-state index contributed by atoms with van der Waals surface area (Å²) in [5.74, 6) is 0.168. The van der Waals surface area contributed by atoms with Gasteiger partial charge in [0.1, 0.15) is 0 Å². The number of carbonyl (C=O) groups excluding carboxylic acids is 1. The summed E-state index contributed by atoms with van der Waals surface area (Å²) in [6.45, 7) is 1.90. The van der Waals surface area contributed by atoms with Crippen LogP contribution in [0, 0.1) is 6.92 Å². The fourth-order valence-electron chi connectivity index (χ4n) is 1.78. The molecule has 0 aliphatic heterocycles. The molecule has 2 nitrogen and oxygen atoms in total. The van der Waals surface area contributed by atoms with Gasteiger partial charge in [0.15, 0.2) is 5.78 Å². The van der Waals surface area contributed by atoms with Crippen molar-refractivity contribution in [3.05, 3.63) is 51.7 Å². The van der Waals surface area contributed by atoms with Gasteiger partial charge in [0.2, 0.25) is 0 Å². The molecule has 17 heavy (non-hydrogen) atoms. The highest BCUT2D eigenvalue weighted by Crippen LogP contribution is 2.18. The Kier molecular flexibility index (Phi) is 3.59. The molecule has 2 N–H and O–H groups in total. The van der Waals surface area contributed by atoms with Crippen LogP contribution in [0.5, 0.6) is 0 Å². The van der Waals surface area contributed by atoms with Gasteiger partial charge in [0, 0.05) is 17.7 Å². The van der Waals surface area contributed by atoms with E-state index in [1.807, 2.05) is 30.5 Å². The van der Waals surface area contributed by atoms with Crippen LogP contribution in [0.3, 0.4) is 0 Å². The van der Waals surface area contributed by atoms with E-state index in [1.54, 1.807) is 11.3 Å². The van der Waals surface area contributed by atoms with E-state index in [2.05, 4.69) is 11.4 Å². The third kappa shape index (κ3) is 2.74. The topological polar surface area (TPSA) is 43.1 Å². The van der Waals surface area contributed by atoms with E-state index < -0.39 is 0 Å². The van der Waals surface area contributed by atoms with Crippen LogP contribution in [0.2, 0.25) is 0 Å². The molecule has 1 heterocycles. The molecule has 3 heteroatoms. The molecule has 1 aromatic carbocycles. The summed E-state index contributed by atoms with van der Waals surface area (Å²) >= 11 is 1.66. The van der Waals surface area contributed by atoms with E-state index in [0.717, 1.165) is 17.5 Å². The molecule has 0 unspecified atom stereocenters. The van der Waals surface area contributed by atoms with Crippen LogP contribution in [0.15, 0.2) is 35.0 Å². The minimum atomic E-state index is 0.168. The molecule has 88 valence electrons. The highest BCUT2D eigenvalue weighted by atomic mass is 32.1. The normalized spacial score (nSPS) is 10.4. The van der Waals surface area contributed by atoms with Crippen molar-refractivity contribution >= 4 is 22.8 Å². The fraction of sp³-hybridized carbons (Fsp3) is 0.214. The van der Waals surface area contributed by atoms with E-state index in [1.165, 1.54) is 5.56 Å². The Morgan fingerprint density at radius 3 is 2.88 bits per heavy atom. The number of rotatable bonds is 4. The van der Waals surface area contributed by atoms with Crippen molar-refractivity contribution in [2.24, 2.45) is 0 Å². The van der Waals surface area contributed by atoms with Crippen LogP contribution < -0.4 is 5.73 Å². The second-order valence-electron chi connectivity index (χ2n) is 4.07. The second kappa shape index (κ2) is 5.15. The zero-order valence-corrected chi connectivity index (χ0v) is 10.6. The summed E-state index contributed by atoms with van der Waals surface area (Å²) in [6.07, 6.45) is 1.34. The van der Waals surface area contributed by atoms with Gasteiger partial charge in [0.05, 0.1) is 0 Å². The lowest BCUT2D eigenvalue weighted by Gasteiger charge is -2.06. The van der Waals surface area contributed by atoms with Crippen molar-refractivity contribution in [1.82, 2.24) is 0 Å². The molecule has 0 spiro atoms. The summed E-state index contributed by atoms with van der Waals surface area (Å²) in [5, 5.41) is 4.12. The number of hydrogen-bond acceptors (Lipinski definition) is 3. The number of benzene rings is 1. The molecule has 1 aromatic heterocycles. The number of thiophene rings is 1. The van der Waals surface area contributed by atoms with Gasteiger partial charge in [-0.15, -0.1) is 0 Å².